The summed E-state index contributed by atoms with van der Waals surface area (Å²) in [6.45, 7) is 1.89. The highest BCUT2D eigenvalue weighted by molar-refractivity contribution is 5.92. The van der Waals surface area contributed by atoms with E-state index in [1.54, 1.807) is 19.4 Å². The monoisotopic (exact) mass is 256 g/mol. The summed E-state index contributed by atoms with van der Waals surface area (Å²) >= 11 is 0. The van der Waals surface area contributed by atoms with Crippen molar-refractivity contribution in [3.05, 3.63) is 53.9 Å². The number of aryl methyl sites for hydroxylation is 1. The van der Waals surface area contributed by atoms with Gasteiger partial charge < -0.3 is 10.1 Å². The zero-order valence-electron chi connectivity index (χ0n) is 11.0. The highest BCUT2D eigenvalue weighted by atomic mass is 16.5. The van der Waals surface area contributed by atoms with Gasteiger partial charge in [-0.05, 0) is 36.8 Å². The van der Waals surface area contributed by atoms with Crippen LogP contribution in [0.1, 0.15) is 11.3 Å². The van der Waals surface area contributed by atoms with Crippen LogP contribution >= 0.6 is 0 Å². The zero-order valence-corrected chi connectivity index (χ0v) is 11.0. The van der Waals surface area contributed by atoms with E-state index in [0.717, 1.165) is 22.7 Å². The van der Waals surface area contributed by atoms with E-state index >= 15 is 0 Å². The molecule has 0 aliphatic heterocycles. The summed E-state index contributed by atoms with van der Waals surface area (Å²) in [7, 11) is 1.61. The van der Waals surface area contributed by atoms with E-state index < -0.39 is 0 Å². The van der Waals surface area contributed by atoms with Crippen LogP contribution in [0.25, 0.3) is 0 Å². The fourth-order valence-electron chi connectivity index (χ4n) is 1.80. The third kappa shape index (κ3) is 3.81. The Balaban J connectivity index is 2.01. The van der Waals surface area contributed by atoms with Gasteiger partial charge in [0.25, 0.3) is 0 Å². The fraction of sp³-hybridized carbons (Fsp3) is 0.200. The molecule has 0 unspecified atom stereocenters. The number of ether oxygens (including phenoxy) is 1. The lowest BCUT2D eigenvalue weighted by Gasteiger charge is -2.07. The number of aromatic nitrogens is 1. The molecule has 0 radical (unpaired) electrons. The number of nitrogens with zero attached hydrogens (tertiary/aromatic N) is 1. The molecule has 0 fully saturated rings. The van der Waals surface area contributed by atoms with Crippen LogP contribution in [0.2, 0.25) is 0 Å². The van der Waals surface area contributed by atoms with E-state index in [-0.39, 0.29) is 5.91 Å². The molecule has 2 rings (SSSR count). The van der Waals surface area contributed by atoms with E-state index in [4.69, 9.17) is 4.74 Å². The molecular formula is C15H16N2O2. The van der Waals surface area contributed by atoms with Crippen LogP contribution in [-0.4, -0.2) is 18.0 Å². The summed E-state index contributed by atoms with van der Waals surface area (Å²) in [4.78, 5) is 16.0. The van der Waals surface area contributed by atoms with Crippen LogP contribution < -0.4 is 10.1 Å². The van der Waals surface area contributed by atoms with Gasteiger partial charge in [-0.3, -0.25) is 9.78 Å². The lowest BCUT2D eigenvalue weighted by atomic mass is 10.1. The second-order valence-corrected chi connectivity index (χ2v) is 4.26. The number of hydrogen-bond donors (Lipinski definition) is 1. The summed E-state index contributed by atoms with van der Waals surface area (Å²) in [5.74, 6) is 0.698. The molecule has 4 heteroatoms. The van der Waals surface area contributed by atoms with Crippen LogP contribution in [0.5, 0.6) is 5.75 Å². The van der Waals surface area contributed by atoms with Gasteiger partial charge in [0.15, 0.2) is 0 Å². The summed E-state index contributed by atoms with van der Waals surface area (Å²) in [6.07, 6.45) is 2.00. The largest absolute Gasteiger partial charge is 0.497 e. The van der Waals surface area contributed by atoms with Crippen LogP contribution in [-0.2, 0) is 11.2 Å². The first-order chi connectivity index (χ1) is 9.17. The molecule has 0 aliphatic rings. The molecule has 0 aliphatic carbocycles. The Labute approximate surface area is 112 Å². The smallest absolute Gasteiger partial charge is 0.228 e. The quantitative estimate of drug-likeness (QED) is 0.914. The third-order valence-electron chi connectivity index (χ3n) is 2.68. The molecule has 0 bridgehead atoms. The van der Waals surface area contributed by atoms with Crippen molar-refractivity contribution in [3.8, 4) is 5.75 Å². The van der Waals surface area contributed by atoms with Gasteiger partial charge >= 0.3 is 0 Å². The predicted molar refractivity (Wildman–Crippen MR) is 74.3 cm³/mol. The van der Waals surface area contributed by atoms with Gasteiger partial charge in [0.05, 0.1) is 13.5 Å². The maximum Gasteiger partial charge on any atom is 0.228 e. The van der Waals surface area contributed by atoms with E-state index in [2.05, 4.69) is 10.3 Å². The minimum atomic E-state index is -0.0566. The molecule has 4 nitrogen and oxygen atoms in total. The van der Waals surface area contributed by atoms with E-state index in [1.807, 2.05) is 37.3 Å². The molecule has 1 amide bonds. The summed E-state index contributed by atoms with van der Waals surface area (Å²) < 4.78 is 5.13. The molecule has 1 N–H and O–H groups in total. The van der Waals surface area contributed by atoms with E-state index in [9.17, 15) is 4.79 Å². The number of benzene rings is 1. The third-order valence-corrected chi connectivity index (χ3v) is 2.68. The van der Waals surface area contributed by atoms with Crippen molar-refractivity contribution in [1.82, 2.24) is 4.98 Å². The number of amides is 1. The zero-order chi connectivity index (χ0) is 13.7. The molecule has 0 spiro atoms. The number of methoxy groups -OCH3 is 1. The van der Waals surface area contributed by atoms with Gasteiger partial charge in [0.2, 0.25) is 5.91 Å². The molecule has 0 saturated heterocycles. The molecule has 0 saturated carbocycles. The predicted octanol–water partition coefficient (Wildman–Crippen LogP) is 2.58. The molecule has 1 heterocycles. The minimum absolute atomic E-state index is 0.0566. The van der Waals surface area contributed by atoms with Crippen LogP contribution in [0, 0.1) is 6.92 Å². The Kier molecular flexibility index (Phi) is 4.13. The summed E-state index contributed by atoms with van der Waals surface area (Å²) in [5.41, 5.74) is 2.56. The van der Waals surface area contributed by atoms with Gasteiger partial charge in [-0.2, -0.15) is 0 Å². The number of carbonyl (C=O) groups is 1. The van der Waals surface area contributed by atoms with Crippen molar-refractivity contribution in [2.75, 3.05) is 12.4 Å². The Morgan fingerprint density at radius 1 is 1.32 bits per heavy atom. The lowest BCUT2D eigenvalue weighted by Crippen LogP contribution is -2.14. The maximum absolute atomic E-state index is 11.9. The van der Waals surface area contributed by atoms with Crippen molar-refractivity contribution < 1.29 is 9.53 Å². The van der Waals surface area contributed by atoms with E-state index in [1.165, 1.54) is 0 Å². The number of nitrogens with one attached hydrogen (secondary N) is 1. The molecular weight excluding hydrogens is 240 g/mol. The molecule has 1 aromatic carbocycles. The molecule has 1 aromatic heterocycles. The van der Waals surface area contributed by atoms with Gasteiger partial charge in [-0.25, -0.2) is 0 Å². The number of hydrogen-bond acceptors (Lipinski definition) is 3. The molecule has 0 atom stereocenters. The first kappa shape index (κ1) is 13.1. The van der Waals surface area contributed by atoms with Crippen LogP contribution in [0.3, 0.4) is 0 Å². The van der Waals surface area contributed by atoms with Gasteiger partial charge in [-0.1, -0.05) is 12.1 Å². The normalized spacial score (nSPS) is 10.0. The Morgan fingerprint density at radius 2 is 2.16 bits per heavy atom. The summed E-state index contributed by atoms with van der Waals surface area (Å²) in [5, 5.41) is 2.85. The fourth-order valence-corrected chi connectivity index (χ4v) is 1.80. The van der Waals surface area contributed by atoms with Gasteiger partial charge in [0.1, 0.15) is 5.75 Å². The van der Waals surface area contributed by atoms with Gasteiger partial charge in [-0.15, -0.1) is 0 Å². The molecule has 2 aromatic rings. The highest BCUT2D eigenvalue weighted by Gasteiger charge is 2.05. The molecule has 98 valence electrons. The van der Waals surface area contributed by atoms with Crippen LogP contribution in [0.4, 0.5) is 5.69 Å². The lowest BCUT2D eigenvalue weighted by molar-refractivity contribution is -0.115. The highest BCUT2D eigenvalue weighted by Crippen LogP contribution is 2.14. The Bertz CT molecular complexity index is 582. The van der Waals surface area contributed by atoms with Crippen molar-refractivity contribution in [2.45, 2.75) is 13.3 Å². The summed E-state index contributed by atoms with van der Waals surface area (Å²) in [6, 6.07) is 11.1. The topological polar surface area (TPSA) is 51.2 Å². The average Bonchev–Trinajstić information content (AvgIpc) is 2.38. The van der Waals surface area contributed by atoms with Crippen molar-refractivity contribution in [2.24, 2.45) is 0 Å². The van der Waals surface area contributed by atoms with Gasteiger partial charge in [0, 0.05) is 17.6 Å². The standard InChI is InChI=1S/C15H16N2O2/c1-11-8-13(6-7-16-11)17-15(18)10-12-4-3-5-14(9-12)19-2/h3-9H,10H2,1-2H3,(H,16,17,18). The van der Waals surface area contributed by atoms with Crippen molar-refractivity contribution in [1.29, 1.82) is 0 Å². The number of rotatable bonds is 4. The SMILES string of the molecule is COc1cccc(CC(=O)Nc2ccnc(C)c2)c1. The second kappa shape index (κ2) is 6.00. The number of anilines is 1. The second-order valence-electron chi connectivity index (χ2n) is 4.26. The van der Waals surface area contributed by atoms with Crippen molar-refractivity contribution in [3.63, 3.8) is 0 Å². The Morgan fingerprint density at radius 3 is 2.89 bits per heavy atom. The average molecular weight is 256 g/mol. The first-order valence-electron chi connectivity index (χ1n) is 6.03. The van der Waals surface area contributed by atoms with Crippen molar-refractivity contribution >= 4 is 11.6 Å². The molecule has 19 heavy (non-hydrogen) atoms. The maximum atomic E-state index is 11.9. The first-order valence-corrected chi connectivity index (χ1v) is 6.03. The number of carbonyl (C=O) groups excluding carboxylic acids is 1. The van der Waals surface area contributed by atoms with Crippen LogP contribution in [0.15, 0.2) is 42.6 Å². The minimum Gasteiger partial charge on any atom is -0.497 e. The Hall–Kier alpha value is -2.36. The van der Waals surface area contributed by atoms with E-state index in [0.29, 0.717) is 6.42 Å². The number of pyridine rings is 1.